The fourth-order valence-electron chi connectivity index (χ4n) is 0.661. The molecule has 132 valence electrons. The van der Waals surface area contributed by atoms with Gasteiger partial charge in [-0.3, -0.25) is 4.84 Å². The van der Waals surface area contributed by atoms with E-state index >= 15 is 0 Å². The van der Waals surface area contributed by atoms with Gasteiger partial charge in [-0.1, -0.05) is 17.4 Å². The summed E-state index contributed by atoms with van der Waals surface area (Å²) in [5, 5.41) is 3.98. The fraction of sp³-hybridized carbons (Fsp3) is 0.556. The van der Waals surface area contributed by atoms with E-state index < -0.39 is 23.4 Å². The number of hydrogen-bond donors (Lipinski definition) is 1. The first-order chi connectivity index (χ1) is 10.5. The van der Waals surface area contributed by atoms with Crippen LogP contribution in [0.4, 0.5) is 22.8 Å². The summed E-state index contributed by atoms with van der Waals surface area (Å²) in [6, 6.07) is 0. The molecule has 0 fully saturated rings. The molecule has 0 bridgehead atoms. The minimum Gasteiger partial charge on any atom is -0.323 e. The van der Waals surface area contributed by atoms with Crippen molar-refractivity contribution in [3.63, 3.8) is 0 Å². The van der Waals surface area contributed by atoms with E-state index in [0.717, 1.165) is 15.7 Å². The molecule has 0 aliphatic heterocycles. The number of carbonyl (C=O) groups is 2. The van der Waals surface area contributed by atoms with Gasteiger partial charge in [0.2, 0.25) is 4.99 Å². The van der Waals surface area contributed by atoms with Crippen molar-refractivity contribution < 1.29 is 32.4 Å². The number of hydrogen-bond acceptors (Lipinski definition) is 8. The van der Waals surface area contributed by atoms with E-state index in [4.69, 9.17) is 0 Å². The fourth-order valence-corrected chi connectivity index (χ4v) is 1.39. The summed E-state index contributed by atoms with van der Waals surface area (Å²) in [4.78, 5) is 30.0. The zero-order valence-corrected chi connectivity index (χ0v) is 14.8. The van der Waals surface area contributed by atoms with E-state index in [1.165, 1.54) is 24.3 Å². The number of oxime groups is 1. The number of rotatable bonds is 3. The number of thiocarbonyl (C=S) groups is 1. The second-order valence-corrected chi connectivity index (χ2v) is 6.21. The average molecular weight is 394 g/mol. The Morgan fingerprint density at radius 2 is 1.74 bits per heavy atom. The van der Waals surface area contributed by atoms with Gasteiger partial charge < -0.3 is 4.84 Å². The smallest absolute Gasteiger partial charge is 0.323 e. The number of thioether (sulfide) groups is 1. The molecule has 0 aromatic rings. The summed E-state index contributed by atoms with van der Waals surface area (Å²) < 4.78 is 37.9. The van der Waals surface area contributed by atoms with Crippen LogP contribution in [0, 0.1) is 0 Å². The van der Waals surface area contributed by atoms with E-state index in [9.17, 15) is 22.8 Å². The zero-order chi connectivity index (χ0) is 18.2. The molecule has 1 N–H and O–H groups in total. The van der Waals surface area contributed by atoms with Crippen LogP contribution >= 0.6 is 36.1 Å². The molecule has 0 aliphatic rings. The van der Waals surface area contributed by atoms with Crippen molar-refractivity contribution in [2.45, 2.75) is 13.1 Å². The second-order valence-electron chi connectivity index (χ2n) is 3.55. The van der Waals surface area contributed by atoms with Crippen LogP contribution in [0.3, 0.4) is 0 Å². The molecule has 8 nitrogen and oxygen atoms in total. The lowest BCUT2D eigenvalue weighted by Gasteiger charge is -2.20. The maximum absolute atomic E-state index is 12.1. The van der Waals surface area contributed by atoms with Crippen molar-refractivity contribution in [3.05, 3.63) is 0 Å². The Balaban J connectivity index is 4.35. The van der Waals surface area contributed by atoms with Gasteiger partial charge in [0.05, 0.1) is 12.1 Å². The lowest BCUT2D eigenvalue weighted by Crippen LogP contribution is -2.39. The topological polar surface area (TPSA) is 83.5 Å². The molecule has 0 unspecified atom stereocenters. The molecule has 0 saturated heterocycles. The minimum atomic E-state index is -4.82. The quantitative estimate of drug-likeness (QED) is 0.195. The van der Waals surface area contributed by atoms with Gasteiger partial charge in [0.1, 0.15) is 5.04 Å². The summed E-state index contributed by atoms with van der Waals surface area (Å²) in [5.41, 5.74) is 1.30. The molecule has 0 saturated carbocycles. The summed E-state index contributed by atoms with van der Waals surface area (Å²) in [7, 11) is 2.42. The maximum Gasteiger partial charge on any atom is 0.447 e. The molecular formula is C9H13F3N4O4S3. The molecular weight excluding hydrogens is 381 g/mol. The molecule has 0 atom stereocenters. The molecule has 0 rings (SSSR count). The van der Waals surface area contributed by atoms with Crippen LogP contribution in [0.25, 0.3) is 0 Å². The van der Waals surface area contributed by atoms with Crippen molar-refractivity contribution in [3.8, 4) is 0 Å². The Morgan fingerprint density at radius 1 is 1.22 bits per heavy atom. The Kier molecular flexibility index (Phi) is 9.07. The third kappa shape index (κ3) is 8.71. The maximum atomic E-state index is 12.1. The predicted molar refractivity (Wildman–Crippen MR) is 84.5 cm³/mol. The first-order valence-corrected chi connectivity index (χ1v) is 7.88. The standard InChI is InChI=1S/C9H13F3N4O4S3/c1-5(22-4)13-19-7(17)15(2)23-16(3)8(18)20-14-6(21)9(10,11)12/h1-4H3,(H,14,21). The highest BCUT2D eigenvalue weighted by Crippen LogP contribution is 2.17. The minimum absolute atomic E-state index is 0.495. The molecule has 2 amide bonds. The van der Waals surface area contributed by atoms with Crippen molar-refractivity contribution in [2.24, 2.45) is 5.16 Å². The Hall–Kier alpha value is -1.41. The second kappa shape index (κ2) is 9.67. The number of hydroxylamine groups is 1. The summed E-state index contributed by atoms with van der Waals surface area (Å²) >= 11 is 5.73. The van der Waals surface area contributed by atoms with Crippen molar-refractivity contribution >= 4 is 58.3 Å². The van der Waals surface area contributed by atoms with Gasteiger partial charge in [-0.05, 0) is 13.2 Å². The lowest BCUT2D eigenvalue weighted by molar-refractivity contribution is -0.0656. The van der Waals surface area contributed by atoms with Crippen LogP contribution in [0.1, 0.15) is 6.92 Å². The molecule has 14 heteroatoms. The molecule has 0 radical (unpaired) electrons. The van der Waals surface area contributed by atoms with Gasteiger partial charge in [-0.25, -0.2) is 23.7 Å². The third-order valence-corrected chi connectivity index (χ3v) is 3.56. The number of nitrogens with one attached hydrogen (secondary N) is 1. The lowest BCUT2D eigenvalue weighted by atomic mass is 10.7. The monoisotopic (exact) mass is 394 g/mol. The van der Waals surface area contributed by atoms with Gasteiger partial charge in [0.15, 0.2) is 0 Å². The van der Waals surface area contributed by atoms with E-state index in [0.29, 0.717) is 17.2 Å². The highest BCUT2D eigenvalue weighted by Gasteiger charge is 2.35. The van der Waals surface area contributed by atoms with Gasteiger partial charge in [0.25, 0.3) is 0 Å². The highest BCUT2D eigenvalue weighted by atomic mass is 32.2. The van der Waals surface area contributed by atoms with E-state index in [2.05, 4.69) is 27.0 Å². The number of carbonyl (C=O) groups excluding carboxylic acids is 2. The molecule has 0 heterocycles. The third-order valence-electron chi connectivity index (χ3n) is 1.80. The van der Waals surface area contributed by atoms with Gasteiger partial charge >= 0.3 is 18.4 Å². The number of alkyl halides is 3. The predicted octanol–water partition coefficient (Wildman–Crippen LogP) is 2.78. The Labute approximate surface area is 143 Å². The van der Waals surface area contributed by atoms with Crippen LogP contribution in [0.5, 0.6) is 0 Å². The van der Waals surface area contributed by atoms with E-state index in [1.807, 2.05) is 0 Å². The van der Waals surface area contributed by atoms with Crippen molar-refractivity contribution in [2.75, 3.05) is 20.4 Å². The van der Waals surface area contributed by atoms with Crippen LogP contribution in [0.15, 0.2) is 5.16 Å². The largest absolute Gasteiger partial charge is 0.447 e. The zero-order valence-electron chi connectivity index (χ0n) is 12.3. The molecule has 0 aromatic carbocycles. The average Bonchev–Trinajstić information content (AvgIpc) is 2.47. The first-order valence-electron chi connectivity index (χ1n) is 5.52. The number of amides is 2. The van der Waals surface area contributed by atoms with E-state index in [-0.39, 0.29) is 0 Å². The summed E-state index contributed by atoms with van der Waals surface area (Å²) in [5.74, 6) is 0. The van der Waals surface area contributed by atoms with Gasteiger partial charge in [-0.2, -0.15) is 13.2 Å². The highest BCUT2D eigenvalue weighted by molar-refractivity contribution is 8.13. The van der Waals surface area contributed by atoms with Crippen LogP contribution in [-0.4, -0.2) is 57.4 Å². The number of nitrogens with zero attached hydrogens (tertiary/aromatic N) is 3. The first kappa shape index (κ1) is 21.6. The van der Waals surface area contributed by atoms with Crippen LogP contribution < -0.4 is 5.48 Å². The van der Waals surface area contributed by atoms with Crippen LogP contribution in [-0.2, 0) is 9.68 Å². The van der Waals surface area contributed by atoms with Gasteiger partial charge in [0, 0.05) is 14.1 Å². The Bertz CT molecular complexity index is 489. The SMILES string of the molecule is CSC(C)=NOC(=O)N(C)SN(C)C(=O)ONC(=S)C(F)(F)F. The van der Waals surface area contributed by atoms with Gasteiger partial charge in [-0.15, -0.1) is 11.8 Å². The normalized spacial score (nSPS) is 11.5. The molecule has 0 aromatic heterocycles. The Morgan fingerprint density at radius 3 is 2.22 bits per heavy atom. The summed E-state index contributed by atoms with van der Waals surface area (Å²) in [6.45, 7) is 1.61. The van der Waals surface area contributed by atoms with Crippen molar-refractivity contribution in [1.29, 1.82) is 0 Å². The molecule has 23 heavy (non-hydrogen) atoms. The van der Waals surface area contributed by atoms with Crippen LogP contribution in [0.2, 0.25) is 0 Å². The molecule has 0 aliphatic carbocycles. The number of halogens is 3. The summed E-state index contributed by atoms with van der Waals surface area (Å²) in [6.07, 6.45) is -5.21. The van der Waals surface area contributed by atoms with E-state index in [1.54, 1.807) is 13.2 Å². The molecule has 0 spiro atoms. The van der Waals surface area contributed by atoms with Crippen molar-refractivity contribution in [1.82, 2.24) is 14.1 Å².